The van der Waals surface area contributed by atoms with Gasteiger partial charge in [0.25, 0.3) is 0 Å². The van der Waals surface area contributed by atoms with Crippen LogP contribution in [0, 0.1) is 12.7 Å². The fourth-order valence-corrected chi connectivity index (χ4v) is 3.30. The first kappa shape index (κ1) is 17.9. The zero-order valence-corrected chi connectivity index (χ0v) is 15.3. The topological polar surface area (TPSA) is 44.5 Å². The molecule has 1 aliphatic heterocycles. The van der Waals surface area contributed by atoms with Crippen molar-refractivity contribution in [3.8, 4) is 0 Å². The van der Waals surface area contributed by atoms with Crippen molar-refractivity contribution >= 4 is 5.69 Å². The summed E-state index contributed by atoms with van der Waals surface area (Å²) >= 11 is 0. The van der Waals surface area contributed by atoms with E-state index in [1.54, 1.807) is 18.3 Å². The summed E-state index contributed by atoms with van der Waals surface area (Å²) in [5.74, 6) is 1.25. The molecule has 1 N–H and O–H groups in total. The van der Waals surface area contributed by atoms with E-state index >= 15 is 0 Å². The van der Waals surface area contributed by atoms with Gasteiger partial charge in [0, 0.05) is 37.9 Å². The molecule has 0 spiro atoms. The van der Waals surface area contributed by atoms with Crippen LogP contribution in [0.1, 0.15) is 37.1 Å². The van der Waals surface area contributed by atoms with E-state index in [4.69, 9.17) is 4.42 Å². The van der Waals surface area contributed by atoms with E-state index in [-0.39, 0.29) is 11.9 Å². The third kappa shape index (κ3) is 4.38. The van der Waals surface area contributed by atoms with Crippen molar-refractivity contribution in [3.63, 3.8) is 0 Å². The largest absolute Gasteiger partial charge is 0.445 e. The van der Waals surface area contributed by atoms with Crippen LogP contribution < -0.4 is 10.2 Å². The molecular formula is C19H27FN4O. The Morgan fingerprint density at radius 2 is 2.04 bits per heavy atom. The van der Waals surface area contributed by atoms with Crippen molar-refractivity contribution in [3.05, 3.63) is 47.4 Å². The van der Waals surface area contributed by atoms with Crippen LogP contribution in [0.15, 0.2) is 28.8 Å². The van der Waals surface area contributed by atoms with Crippen molar-refractivity contribution in [2.45, 2.75) is 33.4 Å². The maximum atomic E-state index is 13.9. The molecule has 1 atom stereocenters. The van der Waals surface area contributed by atoms with Crippen LogP contribution in [0.2, 0.25) is 0 Å². The first-order valence-electron chi connectivity index (χ1n) is 8.98. The molecule has 0 aliphatic carbocycles. The molecule has 2 aromatic rings. The third-order valence-electron chi connectivity index (χ3n) is 4.84. The number of rotatable bonds is 6. The summed E-state index contributed by atoms with van der Waals surface area (Å²) in [7, 11) is 0. The molecule has 1 unspecified atom stereocenters. The molecule has 0 radical (unpaired) electrons. The second kappa shape index (κ2) is 7.97. The number of likely N-dealkylation sites (N-methyl/N-ethyl adjacent to an activating group) is 1. The van der Waals surface area contributed by atoms with Gasteiger partial charge in [-0.3, -0.25) is 0 Å². The second-order valence-corrected chi connectivity index (χ2v) is 6.59. The minimum atomic E-state index is -0.202. The molecule has 25 heavy (non-hydrogen) atoms. The Bertz CT molecular complexity index is 694. The molecule has 0 saturated carbocycles. The number of nitrogens with zero attached hydrogens (tertiary/aromatic N) is 3. The smallest absolute Gasteiger partial charge is 0.208 e. The third-order valence-corrected chi connectivity index (χ3v) is 4.84. The Kier molecular flexibility index (Phi) is 5.71. The maximum Gasteiger partial charge on any atom is 0.208 e. The number of aromatic nitrogens is 1. The van der Waals surface area contributed by atoms with Crippen LogP contribution in [-0.4, -0.2) is 42.6 Å². The lowest BCUT2D eigenvalue weighted by Gasteiger charge is -2.37. The summed E-state index contributed by atoms with van der Waals surface area (Å²) in [5.41, 5.74) is 2.09. The highest BCUT2D eigenvalue weighted by molar-refractivity contribution is 5.55. The molecule has 2 heterocycles. The van der Waals surface area contributed by atoms with Gasteiger partial charge in [-0.1, -0.05) is 6.92 Å². The van der Waals surface area contributed by atoms with Gasteiger partial charge in [-0.2, -0.15) is 0 Å². The predicted octanol–water partition coefficient (Wildman–Crippen LogP) is 3.11. The lowest BCUT2D eigenvalue weighted by atomic mass is 10.0. The summed E-state index contributed by atoms with van der Waals surface area (Å²) in [6, 6.07) is 5.09. The first-order valence-corrected chi connectivity index (χ1v) is 8.98. The lowest BCUT2D eigenvalue weighted by molar-refractivity contribution is 0.271. The zero-order valence-electron chi connectivity index (χ0n) is 15.3. The van der Waals surface area contributed by atoms with Crippen LogP contribution in [0.5, 0.6) is 0 Å². The summed E-state index contributed by atoms with van der Waals surface area (Å²) in [5, 5.41) is 3.40. The number of anilines is 1. The van der Waals surface area contributed by atoms with Gasteiger partial charge in [-0.25, -0.2) is 9.37 Å². The molecule has 6 heteroatoms. The molecule has 1 saturated heterocycles. The van der Waals surface area contributed by atoms with Crippen LogP contribution in [-0.2, 0) is 6.54 Å². The van der Waals surface area contributed by atoms with Gasteiger partial charge in [0.1, 0.15) is 11.6 Å². The monoisotopic (exact) mass is 346 g/mol. The summed E-state index contributed by atoms with van der Waals surface area (Å²) in [6.07, 6.45) is 1.71. The molecule has 3 rings (SSSR count). The van der Waals surface area contributed by atoms with E-state index in [2.05, 4.69) is 33.9 Å². The van der Waals surface area contributed by atoms with Crippen molar-refractivity contribution in [2.24, 2.45) is 0 Å². The second-order valence-electron chi connectivity index (χ2n) is 6.59. The maximum absolute atomic E-state index is 13.9. The normalized spacial score (nSPS) is 17.0. The van der Waals surface area contributed by atoms with E-state index < -0.39 is 0 Å². The lowest BCUT2D eigenvalue weighted by Crippen LogP contribution is -2.46. The summed E-state index contributed by atoms with van der Waals surface area (Å²) in [6.45, 7) is 11.8. The van der Waals surface area contributed by atoms with E-state index in [9.17, 15) is 4.39 Å². The number of aryl methyl sites for hydroxylation is 1. The Labute approximate surface area is 148 Å². The van der Waals surface area contributed by atoms with E-state index in [0.717, 1.165) is 49.7 Å². The molecule has 1 fully saturated rings. The fourth-order valence-electron chi connectivity index (χ4n) is 3.30. The zero-order chi connectivity index (χ0) is 17.8. The van der Waals surface area contributed by atoms with Gasteiger partial charge in [0.15, 0.2) is 0 Å². The number of benzene rings is 1. The Morgan fingerprint density at radius 3 is 2.68 bits per heavy atom. The standard InChI is InChI=1S/C19H27FN4O/c1-4-23-7-9-24(10-8-23)18-6-5-16(20)11-17(18)15(3)21-13-19-22-12-14(2)25-19/h5-6,11-12,15,21H,4,7-10,13H2,1-3H3. The average molecular weight is 346 g/mol. The van der Waals surface area contributed by atoms with E-state index in [1.165, 1.54) is 0 Å². The van der Waals surface area contributed by atoms with Crippen molar-refractivity contribution in [1.29, 1.82) is 0 Å². The highest BCUT2D eigenvalue weighted by Crippen LogP contribution is 2.28. The Balaban J connectivity index is 1.72. The number of oxazole rings is 1. The molecule has 1 aromatic heterocycles. The fraction of sp³-hybridized carbons (Fsp3) is 0.526. The molecule has 1 aliphatic rings. The minimum Gasteiger partial charge on any atom is -0.445 e. The number of nitrogens with one attached hydrogen (secondary N) is 1. The number of piperazine rings is 1. The Morgan fingerprint density at radius 1 is 1.28 bits per heavy atom. The van der Waals surface area contributed by atoms with Crippen molar-refractivity contribution in [1.82, 2.24) is 15.2 Å². The van der Waals surface area contributed by atoms with Gasteiger partial charge in [-0.15, -0.1) is 0 Å². The van der Waals surface area contributed by atoms with Crippen LogP contribution in [0.3, 0.4) is 0 Å². The Hall–Kier alpha value is -1.92. The van der Waals surface area contributed by atoms with Crippen molar-refractivity contribution < 1.29 is 8.81 Å². The highest BCUT2D eigenvalue weighted by atomic mass is 19.1. The number of hydrogen-bond donors (Lipinski definition) is 1. The summed E-state index contributed by atoms with van der Waals surface area (Å²) in [4.78, 5) is 9.00. The minimum absolute atomic E-state index is 0.00195. The van der Waals surface area contributed by atoms with Crippen LogP contribution >= 0.6 is 0 Å². The van der Waals surface area contributed by atoms with E-state index in [0.29, 0.717) is 12.4 Å². The highest BCUT2D eigenvalue weighted by Gasteiger charge is 2.21. The van der Waals surface area contributed by atoms with Gasteiger partial charge in [0.2, 0.25) is 5.89 Å². The number of hydrogen-bond acceptors (Lipinski definition) is 5. The molecule has 0 bridgehead atoms. The quantitative estimate of drug-likeness (QED) is 0.871. The van der Waals surface area contributed by atoms with Gasteiger partial charge >= 0.3 is 0 Å². The molecule has 136 valence electrons. The first-order chi connectivity index (χ1) is 12.1. The van der Waals surface area contributed by atoms with E-state index in [1.807, 2.05) is 13.0 Å². The number of halogens is 1. The van der Waals surface area contributed by atoms with Gasteiger partial charge in [-0.05, 0) is 44.2 Å². The molecule has 5 nitrogen and oxygen atoms in total. The van der Waals surface area contributed by atoms with Crippen LogP contribution in [0.4, 0.5) is 10.1 Å². The molecule has 0 amide bonds. The van der Waals surface area contributed by atoms with Gasteiger partial charge in [0.05, 0.1) is 12.7 Å². The molecular weight excluding hydrogens is 319 g/mol. The summed E-state index contributed by atoms with van der Waals surface area (Å²) < 4.78 is 19.4. The molecule has 1 aromatic carbocycles. The van der Waals surface area contributed by atoms with Crippen molar-refractivity contribution in [2.75, 3.05) is 37.6 Å². The predicted molar refractivity (Wildman–Crippen MR) is 97.2 cm³/mol. The van der Waals surface area contributed by atoms with Crippen LogP contribution in [0.25, 0.3) is 0 Å². The SMILES string of the molecule is CCN1CCN(c2ccc(F)cc2C(C)NCc2ncc(C)o2)CC1. The average Bonchev–Trinajstić information content (AvgIpc) is 3.05. The van der Waals surface area contributed by atoms with Gasteiger partial charge < -0.3 is 19.5 Å².